The molecular weight excluding hydrogens is 693 g/mol. The standard InChI is InChI=1S/C48H76N6O2/c1-3-5-7-9-11-13-15-17-19-21-23-25-27-29-31-33-35-55-45-37-41-42(52-48-47(51-41)53-43(39-49)44(40-50)54-48)38-46(45)56-36-34-32-30-28-26-24-22-20-18-16-14-12-10-8-6-4-2/h37-38H,3-36H2,1-2H3. The smallest absolute Gasteiger partial charge is 0.199 e. The van der Waals surface area contributed by atoms with Crippen molar-refractivity contribution < 1.29 is 9.47 Å². The average molecular weight is 769 g/mol. The van der Waals surface area contributed by atoms with Crippen LogP contribution in [0.25, 0.3) is 22.3 Å². The highest BCUT2D eigenvalue weighted by Gasteiger charge is 2.15. The van der Waals surface area contributed by atoms with E-state index in [1.54, 1.807) is 0 Å². The van der Waals surface area contributed by atoms with E-state index in [0.29, 0.717) is 35.7 Å². The van der Waals surface area contributed by atoms with Gasteiger partial charge in [0, 0.05) is 12.1 Å². The molecule has 2 heterocycles. The quantitative estimate of drug-likeness (QED) is 0.0424. The van der Waals surface area contributed by atoms with Crippen molar-refractivity contribution in [3.8, 4) is 23.6 Å². The molecule has 3 rings (SSSR count). The van der Waals surface area contributed by atoms with E-state index >= 15 is 0 Å². The SMILES string of the molecule is CCCCCCCCCCCCCCCCCCOc1cc2nc3nc(C#N)c(C#N)nc3nc2cc1OCCCCCCCCCCCCCCCCCC. The van der Waals surface area contributed by atoms with Gasteiger partial charge in [0.15, 0.2) is 34.2 Å². The summed E-state index contributed by atoms with van der Waals surface area (Å²) in [4.78, 5) is 17.8. The minimum Gasteiger partial charge on any atom is -0.490 e. The molecule has 310 valence electrons. The molecule has 0 aliphatic heterocycles. The van der Waals surface area contributed by atoms with Crippen molar-refractivity contribution in [2.45, 2.75) is 219 Å². The van der Waals surface area contributed by atoms with E-state index in [1.807, 2.05) is 24.3 Å². The molecule has 0 spiro atoms. The number of rotatable bonds is 36. The summed E-state index contributed by atoms with van der Waals surface area (Å²) in [5.74, 6) is 1.32. The topological polar surface area (TPSA) is 118 Å². The minimum atomic E-state index is -0.0487. The summed E-state index contributed by atoms with van der Waals surface area (Å²) in [6, 6.07) is 7.60. The van der Waals surface area contributed by atoms with Gasteiger partial charge in [-0.3, -0.25) is 0 Å². The lowest BCUT2D eigenvalue weighted by atomic mass is 10.0. The summed E-state index contributed by atoms with van der Waals surface area (Å²) < 4.78 is 12.6. The van der Waals surface area contributed by atoms with Crippen LogP contribution in [0.5, 0.6) is 11.5 Å². The van der Waals surface area contributed by atoms with Crippen LogP contribution in [0.3, 0.4) is 0 Å². The lowest BCUT2D eigenvalue weighted by Crippen LogP contribution is -2.04. The number of nitrogens with zero attached hydrogens (tertiary/aromatic N) is 6. The molecule has 0 bridgehead atoms. The van der Waals surface area contributed by atoms with Gasteiger partial charge in [0.2, 0.25) is 0 Å². The van der Waals surface area contributed by atoms with Gasteiger partial charge in [0.25, 0.3) is 0 Å². The molecule has 0 saturated heterocycles. The van der Waals surface area contributed by atoms with Crippen LogP contribution >= 0.6 is 0 Å². The van der Waals surface area contributed by atoms with Gasteiger partial charge in [0.05, 0.1) is 24.2 Å². The molecular formula is C48H76N6O2. The maximum Gasteiger partial charge on any atom is 0.199 e. The van der Waals surface area contributed by atoms with E-state index in [0.717, 1.165) is 25.7 Å². The molecule has 0 fully saturated rings. The first-order chi connectivity index (χ1) is 27.7. The number of fused-ring (bicyclic) bond motifs is 2. The number of benzene rings is 1. The van der Waals surface area contributed by atoms with E-state index in [2.05, 4.69) is 33.8 Å². The molecule has 0 amide bonds. The second-order valence-corrected chi connectivity index (χ2v) is 16.1. The number of unbranched alkanes of at least 4 members (excludes halogenated alkanes) is 30. The van der Waals surface area contributed by atoms with Crippen LogP contribution in [0, 0.1) is 22.7 Å². The zero-order valence-corrected chi connectivity index (χ0v) is 35.7. The Kier molecular flexibility index (Phi) is 26.4. The van der Waals surface area contributed by atoms with E-state index < -0.39 is 0 Å². The molecule has 0 N–H and O–H groups in total. The predicted molar refractivity (Wildman–Crippen MR) is 232 cm³/mol. The molecule has 2 aromatic heterocycles. The summed E-state index contributed by atoms with van der Waals surface area (Å²) in [6.07, 6.45) is 42.8. The normalized spacial score (nSPS) is 11.3. The predicted octanol–water partition coefficient (Wildman–Crippen LogP) is 14.6. The monoisotopic (exact) mass is 769 g/mol. The molecule has 3 aromatic rings. The van der Waals surface area contributed by atoms with Gasteiger partial charge in [-0.1, -0.05) is 206 Å². The highest BCUT2D eigenvalue weighted by Crippen LogP contribution is 2.33. The van der Waals surface area contributed by atoms with Gasteiger partial charge in [-0.2, -0.15) is 10.5 Å². The highest BCUT2D eigenvalue weighted by molar-refractivity contribution is 5.85. The van der Waals surface area contributed by atoms with Crippen LogP contribution in [-0.2, 0) is 0 Å². The number of ether oxygens (including phenoxy) is 2. The first-order valence-electron chi connectivity index (χ1n) is 23.3. The maximum atomic E-state index is 9.43. The molecule has 8 nitrogen and oxygen atoms in total. The lowest BCUT2D eigenvalue weighted by molar-refractivity contribution is 0.259. The second-order valence-electron chi connectivity index (χ2n) is 16.1. The molecule has 0 aliphatic carbocycles. The Balaban J connectivity index is 1.37. The van der Waals surface area contributed by atoms with E-state index in [1.165, 1.54) is 180 Å². The first-order valence-corrected chi connectivity index (χ1v) is 23.3. The van der Waals surface area contributed by atoms with Crippen molar-refractivity contribution in [2.24, 2.45) is 0 Å². The third kappa shape index (κ3) is 20.1. The number of aromatic nitrogens is 4. The third-order valence-electron chi connectivity index (χ3n) is 11.1. The van der Waals surface area contributed by atoms with Gasteiger partial charge in [-0.15, -0.1) is 0 Å². The van der Waals surface area contributed by atoms with E-state index in [9.17, 15) is 10.5 Å². The van der Waals surface area contributed by atoms with E-state index in [-0.39, 0.29) is 22.7 Å². The van der Waals surface area contributed by atoms with Crippen molar-refractivity contribution in [1.82, 2.24) is 19.9 Å². The summed E-state index contributed by atoms with van der Waals surface area (Å²) in [5.41, 5.74) is 1.56. The first kappa shape index (κ1) is 46.9. The number of nitriles is 2. The fourth-order valence-corrected chi connectivity index (χ4v) is 7.56. The Morgan fingerprint density at radius 1 is 0.375 bits per heavy atom. The van der Waals surface area contributed by atoms with Crippen molar-refractivity contribution in [1.29, 1.82) is 10.5 Å². The van der Waals surface area contributed by atoms with Crippen LogP contribution in [-0.4, -0.2) is 33.1 Å². The van der Waals surface area contributed by atoms with Gasteiger partial charge >= 0.3 is 0 Å². The Bertz CT molecular complexity index is 1430. The highest BCUT2D eigenvalue weighted by atomic mass is 16.5. The van der Waals surface area contributed by atoms with Crippen molar-refractivity contribution in [2.75, 3.05) is 13.2 Å². The lowest BCUT2D eigenvalue weighted by Gasteiger charge is -2.14. The van der Waals surface area contributed by atoms with Crippen LogP contribution < -0.4 is 9.47 Å². The van der Waals surface area contributed by atoms with Crippen LogP contribution in [0.15, 0.2) is 12.1 Å². The maximum absolute atomic E-state index is 9.43. The van der Waals surface area contributed by atoms with Crippen LogP contribution in [0.4, 0.5) is 0 Å². The molecule has 1 aromatic carbocycles. The van der Waals surface area contributed by atoms with Crippen molar-refractivity contribution in [3.05, 3.63) is 23.5 Å². The Labute approximate surface area is 341 Å². The van der Waals surface area contributed by atoms with Crippen molar-refractivity contribution >= 4 is 22.3 Å². The summed E-state index contributed by atoms with van der Waals surface area (Å²) in [7, 11) is 0. The minimum absolute atomic E-state index is 0.0487. The van der Waals surface area contributed by atoms with Gasteiger partial charge in [-0.05, 0) is 12.8 Å². The van der Waals surface area contributed by atoms with E-state index in [4.69, 9.17) is 9.47 Å². The fraction of sp³-hybridized carbons (Fsp3) is 0.750. The average Bonchev–Trinajstić information content (AvgIpc) is 3.21. The second kappa shape index (κ2) is 31.6. The molecule has 0 saturated carbocycles. The van der Waals surface area contributed by atoms with Crippen molar-refractivity contribution in [3.63, 3.8) is 0 Å². The Morgan fingerprint density at radius 3 is 0.875 bits per heavy atom. The van der Waals surface area contributed by atoms with Gasteiger partial charge in [-0.25, -0.2) is 19.9 Å². The van der Waals surface area contributed by atoms with Gasteiger partial charge < -0.3 is 9.47 Å². The summed E-state index contributed by atoms with van der Waals surface area (Å²) in [5, 5.41) is 18.9. The van der Waals surface area contributed by atoms with Crippen LogP contribution in [0.2, 0.25) is 0 Å². The molecule has 8 heteroatoms. The Hall–Kier alpha value is -3.52. The molecule has 0 atom stereocenters. The molecule has 56 heavy (non-hydrogen) atoms. The largest absolute Gasteiger partial charge is 0.490 e. The fourth-order valence-electron chi connectivity index (χ4n) is 7.56. The third-order valence-corrected chi connectivity index (χ3v) is 11.1. The Morgan fingerprint density at radius 2 is 0.625 bits per heavy atom. The molecule has 0 radical (unpaired) electrons. The zero-order chi connectivity index (χ0) is 39.7. The zero-order valence-electron chi connectivity index (χ0n) is 35.7. The summed E-state index contributed by atoms with van der Waals surface area (Å²) >= 11 is 0. The summed E-state index contributed by atoms with van der Waals surface area (Å²) in [6.45, 7) is 5.80. The number of hydrogen-bond acceptors (Lipinski definition) is 8. The molecule has 0 aliphatic rings. The van der Waals surface area contributed by atoms with Gasteiger partial charge in [0.1, 0.15) is 12.1 Å². The molecule has 0 unspecified atom stereocenters. The number of hydrogen-bond donors (Lipinski definition) is 0. The van der Waals surface area contributed by atoms with Crippen LogP contribution in [0.1, 0.15) is 231 Å².